The zero-order valence-corrected chi connectivity index (χ0v) is 8.95. The number of carbonyl (C=O) groups is 1. The van der Waals surface area contributed by atoms with Gasteiger partial charge in [-0.2, -0.15) is 0 Å². The lowest BCUT2D eigenvalue weighted by atomic mass is 10.2. The van der Waals surface area contributed by atoms with E-state index in [0.29, 0.717) is 9.37 Å². The van der Waals surface area contributed by atoms with Crippen molar-refractivity contribution in [3.63, 3.8) is 0 Å². The zero-order chi connectivity index (χ0) is 9.30. The van der Waals surface area contributed by atoms with Crippen molar-refractivity contribution in [3.8, 4) is 0 Å². The Labute approximate surface area is 88.1 Å². The predicted octanol–water partition coefficient (Wildman–Crippen LogP) is 3.09. The van der Waals surface area contributed by atoms with Crippen molar-refractivity contribution in [2.45, 2.75) is 4.90 Å². The van der Waals surface area contributed by atoms with Gasteiger partial charge in [-0.15, -0.1) is 12.6 Å². The van der Waals surface area contributed by atoms with E-state index >= 15 is 0 Å². The lowest BCUT2D eigenvalue weighted by molar-refractivity contribution is 0.0697. The number of hydrogen-bond donors (Lipinski definition) is 2. The SMILES string of the molecule is O=C(O)c1cc(S)c(Br)cc1Cl. The summed E-state index contributed by atoms with van der Waals surface area (Å²) in [6.07, 6.45) is 0. The van der Waals surface area contributed by atoms with Gasteiger partial charge in [0.05, 0.1) is 10.6 Å². The van der Waals surface area contributed by atoms with Gasteiger partial charge in [-0.05, 0) is 28.1 Å². The number of aromatic carboxylic acids is 1. The van der Waals surface area contributed by atoms with Crippen molar-refractivity contribution < 1.29 is 9.90 Å². The van der Waals surface area contributed by atoms with Crippen molar-refractivity contribution >= 4 is 46.1 Å². The van der Waals surface area contributed by atoms with Crippen molar-refractivity contribution in [1.29, 1.82) is 0 Å². The lowest BCUT2D eigenvalue weighted by Gasteiger charge is -2.01. The molecule has 0 aliphatic heterocycles. The molecule has 5 heteroatoms. The molecule has 0 fully saturated rings. The van der Waals surface area contributed by atoms with Crippen LogP contribution >= 0.6 is 40.2 Å². The Bertz CT molecular complexity index is 340. The molecule has 0 spiro atoms. The zero-order valence-electron chi connectivity index (χ0n) is 5.71. The van der Waals surface area contributed by atoms with Gasteiger partial charge >= 0.3 is 5.97 Å². The Balaban J connectivity index is 3.33. The predicted molar refractivity (Wildman–Crippen MR) is 53.4 cm³/mol. The van der Waals surface area contributed by atoms with Crippen LogP contribution in [-0.2, 0) is 0 Å². The third-order valence-corrected chi connectivity index (χ3v) is 2.91. The average molecular weight is 268 g/mol. The molecule has 0 radical (unpaired) electrons. The van der Waals surface area contributed by atoms with Crippen LogP contribution in [0.25, 0.3) is 0 Å². The molecule has 0 heterocycles. The summed E-state index contributed by atoms with van der Waals surface area (Å²) in [6, 6.07) is 2.91. The maximum Gasteiger partial charge on any atom is 0.337 e. The second-order valence-electron chi connectivity index (χ2n) is 2.09. The first-order valence-corrected chi connectivity index (χ1v) is 4.55. The Morgan fingerprint density at radius 1 is 1.58 bits per heavy atom. The van der Waals surface area contributed by atoms with Gasteiger partial charge in [0.15, 0.2) is 0 Å². The van der Waals surface area contributed by atoms with Crippen LogP contribution in [0.5, 0.6) is 0 Å². The second-order valence-corrected chi connectivity index (χ2v) is 3.83. The number of hydrogen-bond acceptors (Lipinski definition) is 2. The van der Waals surface area contributed by atoms with E-state index in [-0.39, 0.29) is 10.6 Å². The van der Waals surface area contributed by atoms with Crippen LogP contribution in [0, 0.1) is 0 Å². The molecule has 2 nitrogen and oxygen atoms in total. The summed E-state index contributed by atoms with van der Waals surface area (Å²) >= 11 is 12.9. The van der Waals surface area contributed by atoms with E-state index in [1.54, 1.807) is 0 Å². The molecule has 1 aromatic carbocycles. The molecule has 0 saturated heterocycles. The molecule has 12 heavy (non-hydrogen) atoms. The van der Waals surface area contributed by atoms with Crippen LogP contribution in [0.1, 0.15) is 10.4 Å². The fourth-order valence-corrected chi connectivity index (χ4v) is 1.61. The molecule has 0 aliphatic carbocycles. The maximum atomic E-state index is 10.6. The van der Waals surface area contributed by atoms with Gasteiger partial charge in [0.2, 0.25) is 0 Å². The molecular weight excluding hydrogens is 263 g/mol. The van der Waals surface area contributed by atoms with E-state index in [1.165, 1.54) is 12.1 Å². The van der Waals surface area contributed by atoms with Crippen LogP contribution in [0.15, 0.2) is 21.5 Å². The van der Waals surface area contributed by atoms with Crippen molar-refractivity contribution in [2.24, 2.45) is 0 Å². The van der Waals surface area contributed by atoms with Crippen LogP contribution in [0.2, 0.25) is 5.02 Å². The Hall–Kier alpha value is -0.190. The molecule has 1 rings (SSSR count). The number of halogens is 2. The van der Waals surface area contributed by atoms with Crippen molar-refractivity contribution in [1.82, 2.24) is 0 Å². The highest BCUT2D eigenvalue weighted by atomic mass is 79.9. The monoisotopic (exact) mass is 266 g/mol. The summed E-state index contributed by atoms with van der Waals surface area (Å²) in [4.78, 5) is 11.1. The Kier molecular flexibility index (Phi) is 3.04. The summed E-state index contributed by atoms with van der Waals surface area (Å²) < 4.78 is 0.681. The minimum Gasteiger partial charge on any atom is -0.478 e. The quantitative estimate of drug-likeness (QED) is 0.767. The summed E-state index contributed by atoms with van der Waals surface area (Å²) in [7, 11) is 0. The Morgan fingerprint density at radius 3 is 2.67 bits per heavy atom. The number of carboxylic acid groups (broad SMARTS) is 1. The van der Waals surface area contributed by atoms with Gasteiger partial charge < -0.3 is 5.11 Å². The minimum absolute atomic E-state index is 0.0601. The largest absolute Gasteiger partial charge is 0.478 e. The molecule has 0 atom stereocenters. The molecule has 0 unspecified atom stereocenters. The highest BCUT2D eigenvalue weighted by Crippen LogP contribution is 2.27. The van der Waals surface area contributed by atoms with Gasteiger partial charge in [-0.3, -0.25) is 0 Å². The minimum atomic E-state index is -1.05. The van der Waals surface area contributed by atoms with E-state index in [2.05, 4.69) is 28.6 Å². The smallest absolute Gasteiger partial charge is 0.337 e. The summed E-state index contributed by atoms with van der Waals surface area (Å²) in [5.41, 5.74) is 0.0601. The fraction of sp³-hybridized carbons (Fsp3) is 0. The Morgan fingerprint density at radius 2 is 2.17 bits per heavy atom. The van der Waals surface area contributed by atoms with E-state index in [4.69, 9.17) is 16.7 Å². The highest BCUT2D eigenvalue weighted by molar-refractivity contribution is 9.10. The third kappa shape index (κ3) is 1.94. The van der Waals surface area contributed by atoms with Crippen LogP contribution in [-0.4, -0.2) is 11.1 Å². The molecule has 64 valence electrons. The molecule has 0 bridgehead atoms. The van der Waals surface area contributed by atoms with Crippen molar-refractivity contribution in [3.05, 3.63) is 27.2 Å². The number of benzene rings is 1. The summed E-state index contributed by atoms with van der Waals surface area (Å²) in [5.74, 6) is -1.05. The van der Waals surface area contributed by atoms with Crippen LogP contribution < -0.4 is 0 Å². The number of rotatable bonds is 1. The van der Waals surface area contributed by atoms with Gasteiger partial charge in [0.1, 0.15) is 0 Å². The van der Waals surface area contributed by atoms with Crippen LogP contribution in [0.4, 0.5) is 0 Å². The normalized spacial score (nSPS) is 9.92. The van der Waals surface area contributed by atoms with E-state index < -0.39 is 5.97 Å². The van der Waals surface area contributed by atoms with E-state index in [0.717, 1.165) is 0 Å². The van der Waals surface area contributed by atoms with Crippen molar-refractivity contribution in [2.75, 3.05) is 0 Å². The molecule has 0 saturated carbocycles. The standard InChI is InChI=1S/C7H4BrClO2S/c8-4-2-5(9)3(7(10)11)1-6(4)12/h1-2,12H,(H,10,11). The second kappa shape index (κ2) is 3.68. The average Bonchev–Trinajstić information content (AvgIpc) is 1.96. The van der Waals surface area contributed by atoms with Gasteiger partial charge in [0.25, 0.3) is 0 Å². The summed E-state index contributed by atoms with van der Waals surface area (Å²) in [6.45, 7) is 0. The molecule has 1 N–H and O–H groups in total. The molecule has 0 aliphatic rings. The van der Waals surface area contributed by atoms with E-state index in [1.807, 2.05) is 0 Å². The fourth-order valence-electron chi connectivity index (χ4n) is 0.701. The van der Waals surface area contributed by atoms with Gasteiger partial charge in [0, 0.05) is 9.37 Å². The molecule has 0 aromatic heterocycles. The van der Waals surface area contributed by atoms with Gasteiger partial charge in [-0.1, -0.05) is 11.6 Å². The lowest BCUT2D eigenvalue weighted by Crippen LogP contribution is -1.97. The molecule has 0 amide bonds. The number of thiol groups is 1. The third-order valence-electron chi connectivity index (χ3n) is 1.27. The first-order chi connectivity index (χ1) is 5.52. The molecule has 1 aromatic rings. The maximum absolute atomic E-state index is 10.6. The highest BCUT2D eigenvalue weighted by Gasteiger charge is 2.10. The number of carboxylic acids is 1. The topological polar surface area (TPSA) is 37.3 Å². The van der Waals surface area contributed by atoms with Crippen LogP contribution in [0.3, 0.4) is 0 Å². The first kappa shape index (κ1) is 9.89. The summed E-state index contributed by atoms with van der Waals surface area (Å²) in [5, 5.41) is 8.85. The van der Waals surface area contributed by atoms with E-state index in [9.17, 15) is 4.79 Å². The first-order valence-electron chi connectivity index (χ1n) is 2.93. The molecular formula is C7H4BrClO2S. The van der Waals surface area contributed by atoms with Gasteiger partial charge in [-0.25, -0.2) is 4.79 Å².